The van der Waals surface area contributed by atoms with Crippen molar-refractivity contribution < 1.29 is 8.97 Å². The number of hydrogen-bond acceptors (Lipinski definition) is 5. The van der Waals surface area contributed by atoms with Crippen LogP contribution in [0.4, 0.5) is 11.9 Å². The molecular formula is C19H40ClN7+2. The van der Waals surface area contributed by atoms with Gasteiger partial charge in [-0.3, -0.25) is 0 Å². The molecule has 0 atom stereocenters. The van der Waals surface area contributed by atoms with Crippen molar-refractivity contribution >= 4 is 23.5 Å². The first-order valence-electron chi connectivity index (χ1n) is 10.5. The van der Waals surface area contributed by atoms with E-state index in [0.29, 0.717) is 11.9 Å². The molecule has 0 aliphatic rings. The molecule has 1 rings (SSSR count). The fraction of sp³-hybridized carbons (Fsp3) is 0.842. The number of quaternary nitrogens is 2. The summed E-state index contributed by atoms with van der Waals surface area (Å²) in [5, 5.41) is 6.86. The Morgan fingerprint density at radius 3 is 1.26 bits per heavy atom. The first kappa shape index (κ1) is 23.9. The second-order valence-electron chi connectivity index (χ2n) is 7.13. The molecule has 2 N–H and O–H groups in total. The van der Waals surface area contributed by atoms with Crippen LogP contribution in [0.15, 0.2) is 0 Å². The van der Waals surface area contributed by atoms with Crippen LogP contribution in [0.5, 0.6) is 0 Å². The van der Waals surface area contributed by atoms with Gasteiger partial charge in [-0.2, -0.15) is 15.0 Å². The summed E-state index contributed by atoms with van der Waals surface area (Å²) in [7, 11) is 0. The van der Waals surface area contributed by atoms with Crippen molar-refractivity contribution in [3.63, 3.8) is 0 Å². The number of likely N-dealkylation sites (N-methyl/N-ethyl adjacent to an activating group) is 2. The lowest BCUT2D eigenvalue weighted by molar-refractivity contribution is -0.921. The maximum Gasteiger partial charge on any atom is 0.229 e. The van der Waals surface area contributed by atoms with Crippen molar-refractivity contribution in [3.05, 3.63) is 5.28 Å². The molecule has 0 spiro atoms. The molecule has 0 aromatic carbocycles. The molecule has 0 saturated heterocycles. The van der Waals surface area contributed by atoms with Crippen LogP contribution in [0.2, 0.25) is 5.28 Å². The van der Waals surface area contributed by atoms with E-state index in [1.807, 2.05) is 0 Å². The molecule has 7 nitrogen and oxygen atoms in total. The third-order valence-electron chi connectivity index (χ3n) is 6.37. The van der Waals surface area contributed by atoms with Gasteiger partial charge in [-0.25, -0.2) is 0 Å². The van der Waals surface area contributed by atoms with E-state index in [4.69, 9.17) is 11.6 Å². The molecule has 0 bridgehead atoms. The van der Waals surface area contributed by atoms with Gasteiger partial charge in [0.25, 0.3) is 0 Å². The molecule has 27 heavy (non-hydrogen) atoms. The van der Waals surface area contributed by atoms with Crippen molar-refractivity contribution in [1.82, 2.24) is 15.0 Å². The standard InChI is InChI=1S/C19H40ClN7/c1-7-26(8-2,9-3)15-13-21-18-23-17(20)24-19(25-18)22-14-16-27(10-4,11-5)12-6/h7-16H2,1-6H3,(H2,21,22,23,24,25)/q+2. The van der Waals surface area contributed by atoms with Crippen LogP contribution < -0.4 is 10.6 Å². The number of nitrogens with one attached hydrogen (secondary N) is 2. The van der Waals surface area contributed by atoms with E-state index < -0.39 is 0 Å². The molecule has 0 radical (unpaired) electrons. The Morgan fingerprint density at radius 1 is 0.630 bits per heavy atom. The van der Waals surface area contributed by atoms with Crippen molar-refractivity contribution in [1.29, 1.82) is 0 Å². The van der Waals surface area contributed by atoms with Crippen LogP contribution in [0.25, 0.3) is 0 Å². The predicted octanol–water partition coefficient (Wildman–Crippen LogP) is 3.10. The zero-order chi connectivity index (χ0) is 20.3. The highest BCUT2D eigenvalue weighted by Gasteiger charge is 2.21. The van der Waals surface area contributed by atoms with E-state index >= 15 is 0 Å². The first-order valence-corrected chi connectivity index (χ1v) is 10.9. The molecule has 8 heteroatoms. The Labute approximate surface area is 170 Å². The van der Waals surface area contributed by atoms with Crippen molar-refractivity contribution in [2.75, 3.05) is 76.1 Å². The lowest BCUT2D eigenvalue weighted by Gasteiger charge is -2.36. The summed E-state index contributed by atoms with van der Waals surface area (Å²) in [6.07, 6.45) is 0. The quantitative estimate of drug-likeness (QED) is 0.469. The van der Waals surface area contributed by atoms with Gasteiger partial charge in [-0.1, -0.05) is 0 Å². The van der Waals surface area contributed by atoms with E-state index in [9.17, 15) is 0 Å². The molecule has 1 aromatic rings. The molecule has 0 fully saturated rings. The molecule has 0 aliphatic heterocycles. The average Bonchev–Trinajstić information content (AvgIpc) is 2.69. The molecule has 0 saturated carbocycles. The maximum absolute atomic E-state index is 6.10. The smallest absolute Gasteiger partial charge is 0.229 e. The van der Waals surface area contributed by atoms with Crippen molar-refractivity contribution in [3.8, 4) is 0 Å². The topological polar surface area (TPSA) is 62.7 Å². The monoisotopic (exact) mass is 401 g/mol. The minimum Gasteiger partial charge on any atom is -0.348 e. The van der Waals surface area contributed by atoms with Gasteiger partial charge in [0.1, 0.15) is 0 Å². The van der Waals surface area contributed by atoms with Crippen LogP contribution in [-0.2, 0) is 0 Å². The first-order chi connectivity index (χ1) is 12.9. The summed E-state index contributed by atoms with van der Waals surface area (Å²) in [6.45, 7) is 24.0. The lowest BCUT2D eigenvalue weighted by atomic mass is 10.3. The van der Waals surface area contributed by atoms with Gasteiger partial charge in [0.05, 0.1) is 65.4 Å². The lowest BCUT2D eigenvalue weighted by Crippen LogP contribution is -2.50. The summed E-state index contributed by atoms with van der Waals surface area (Å²) < 4.78 is 2.17. The summed E-state index contributed by atoms with van der Waals surface area (Å²) in [5.41, 5.74) is 0. The summed E-state index contributed by atoms with van der Waals surface area (Å²) in [5.74, 6) is 1.09. The third-order valence-corrected chi connectivity index (χ3v) is 6.54. The Morgan fingerprint density at radius 2 is 0.963 bits per heavy atom. The predicted molar refractivity (Wildman–Crippen MR) is 115 cm³/mol. The van der Waals surface area contributed by atoms with Gasteiger partial charge in [-0.05, 0) is 53.1 Å². The fourth-order valence-electron chi connectivity index (χ4n) is 3.61. The van der Waals surface area contributed by atoms with E-state index in [-0.39, 0.29) is 5.28 Å². The van der Waals surface area contributed by atoms with Crippen LogP contribution >= 0.6 is 11.6 Å². The second-order valence-corrected chi connectivity index (χ2v) is 7.47. The highest BCUT2D eigenvalue weighted by atomic mass is 35.5. The van der Waals surface area contributed by atoms with Gasteiger partial charge >= 0.3 is 0 Å². The number of hydrogen-bond donors (Lipinski definition) is 2. The Bertz CT molecular complexity index is 484. The van der Waals surface area contributed by atoms with Crippen LogP contribution in [0, 0.1) is 0 Å². The van der Waals surface area contributed by atoms with E-state index in [1.54, 1.807) is 0 Å². The van der Waals surface area contributed by atoms with Gasteiger partial charge < -0.3 is 19.6 Å². The number of anilines is 2. The normalized spacial score (nSPS) is 12.3. The summed E-state index contributed by atoms with van der Waals surface area (Å²) in [4.78, 5) is 12.9. The zero-order valence-electron chi connectivity index (χ0n) is 18.2. The minimum absolute atomic E-state index is 0.222. The number of rotatable bonds is 14. The van der Waals surface area contributed by atoms with Gasteiger partial charge in [-0.15, -0.1) is 0 Å². The zero-order valence-corrected chi connectivity index (χ0v) is 18.9. The number of halogens is 1. The molecule has 1 heterocycles. The minimum atomic E-state index is 0.222. The van der Waals surface area contributed by atoms with Crippen LogP contribution in [0.3, 0.4) is 0 Å². The van der Waals surface area contributed by atoms with Crippen LogP contribution in [-0.4, -0.2) is 89.4 Å². The highest BCUT2D eigenvalue weighted by molar-refractivity contribution is 6.28. The fourth-order valence-corrected chi connectivity index (χ4v) is 3.77. The highest BCUT2D eigenvalue weighted by Crippen LogP contribution is 2.11. The largest absolute Gasteiger partial charge is 0.348 e. The van der Waals surface area contributed by atoms with E-state index in [0.717, 1.165) is 74.4 Å². The Hall–Kier alpha value is -1.18. The molecule has 0 amide bonds. The maximum atomic E-state index is 6.10. The number of aromatic nitrogens is 3. The Kier molecular flexibility index (Phi) is 10.3. The van der Waals surface area contributed by atoms with Gasteiger partial charge in [0, 0.05) is 0 Å². The van der Waals surface area contributed by atoms with Crippen molar-refractivity contribution in [2.45, 2.75) is 41.5 Å². The Balaban J connectivity index is 2.64. The SMILES string of the molecule is CC[N+](CC)(CC)CCNc1nc(Cl)nc(NCC[N+](CC)(CC)CC)n1. The second kappa shape index (κ2) is 11.6. The molecule has 0 unspecified atom stereocenters. The molecule has 0 aliphatic carbocycles. The van der Waals surface area contributed by atoms with Gasteiger partial charge in [0.2, 0.25) is 17.2 Å². The molecule has 1 aromatic heterocycles. The van der Waals surface area contributed by atoms with Gasteiger partial charge in [0.15, 0.2) is 0 Å². The van der Waals surface area contributed by atoms with E-state index in [2.05, 4.69) is 67.1 Å². The average molecular weight is 402 g/mol. The molecular weight excluding hydrogens is 362 g/mol. The third kappa shape index (κ3) is 7.05. The summed E-state index contributed by atoms with van der Waals surface area (Å²) >= 11 is 6.10. The number of nitrogens with zero attached hydrogens (tertiary/aromatic N) is 5. The summed E-state index contributed by atoms with van der Waals surface area (Å²) in [6, 6.07) is 0. The van der Waals surface area contributed by atoms with Crippen LogP contribution in [0.1, 0.15) is 41.5 Å². The van der Waals surface area contributed by atoms with Crippen molar-refractivity contribution in [2.24, 2.45) is 0 Å². The molecule has 156 valence electrons. The van der Waals surface area contributed by atoms with E-state index in [1.165, 1.54) is 0 Å².